The minimum absolute atomic E-state index is 0.196. The fourth-order valence-electron chi connectivity index (χ4n) is 2.52. The molecule has 1 rings (SSSR count). The smallest absolute Gasteiger partial charge is 0.0657 e. The minimum atomic E-state index is 0.196. The summed E-state index contributed by atoms with van der Waals surface area (Å²) in [6, 6.07) is 0.196. The molecular weight excluding hydrogens is 238 g/mol. The van der Waals surface area contributed by atoms with Gasteiger partial charge in [0.05, 0.1) is 5.69 Å². The normalized spacial score (nSPS) is 12.9. The summed E-state index contributed by atoms with van der Waals surface area (Å²) in [7, 11) is 1.75. The average molecular weight is 267 g/mol. The van der Waals surface area contributed by atoms with Crippen LogP contribution < -0.4 is 5.73 Å². The molecule has 0 saturated carbocycles. The van der Waals surface area contributed by atoms with E-state index >= 15 is 0 Å². The van der Waals surface area contributed by atoms with Gasteiger partial charge < -0.3 is 10.5 Å². The number of nitrogens with zero attached hydrogens (tertiary/aromatic N) is 2. The molecule has 19 heavy (non-hydrogen) atoms. The number of aromatic nitrogens is 2. The van der Waals surface area contributed by atoms with Gasteiger partial charge in [-0.15, -0.1) is 0 Å². The predicted octanol–water partition coefficient (Wildman–Crippen LogP) is 2.32. The molecule has 4 nitrogen and oxygen atoms in total. The molecule has 0 bridgehead atoms. The topological polar surface area (TPSA) is 53.1 Å². The lowest BCUT2D eigenvalue weighted by Crippen LogP contribution is -2.19. The summed E-state index contributed by atoms with van der Waals surface area (Å²) in [5, 5.41) is 4.77. The molecule has 110 valence electrons. The van der Waals surface area contributed by atoms with Gasteiger partial charge in [0.15, 0.2) is 0 Å². The van der Waals surface area contributed by atoms with Gasteiger partial charge in [-0.25, -0.2) is 0 Å². The average Bonchev–Trinajstić information content (AvgIpc) is 2.71. The van der Waals surface area contributed by atoms with E-state index in [9.17, 15) is 0 Å². The van der Waals surface area contributed by atoms with Gasteiger partial charge in [-0.2, -0.15) is 5.10 Å². The highest BCUT2D eigenvalue weighted by Gasteiger charge is 2.16. The second-order valence-electron chi connectivity index (χ2n) is 5.18. The van der Waals surface area contributed by atoms with Crippen molar-refractivity contribution in [3.8, 4) is 0 Å². The lowest BCUT2D eigenvalue weighted by atomic mass is 10.0. The highest BCUT2D eigenvalue weighted by molar-refractivity contribution is 5.27. The Hall–Kier alpha value is -0.870. The molecule has 1 heterocycles. The molecule has 0 aliphatic carbocycles. The van der Waals surface area contributed by atoms with E-state index in [-0.39, 0.29) is 6.04 Å². The van der Waals surface area contributed by atoms with Gasteiger partial charge in [0.25, 0.3) is 0 Å². The van der Waals surface area contributed by atoms with Gasteiger partial charge in [0.1, 0.15) is 0 Å². The van der Waals surface area contributed by atoms with Crippen molar-refractivity contribution < 1.29 is 4.74 Å². The van der Waals surface area contributed by atoms with Gasteiger partial charge in [-0.3, -0.25) is 4.68 Å². The summed E-state index contributed by atoms with van der Waals surface area (Å²) in [4.78, 5) is 0. The quantitative estimate of drug-likeness (QED) is 0.699. The Morgan fingerprint density at radius 3 is 2.53 bits per heavy atom. The monoisotopic (exact) mass is 267 g/mol. The molecule has 0 spiro atoms. The molecule has 0 saturated heterocycles. The third kappa shape index (κ3) is 4.62. The molecule has 0 aromatic carbocycles. The molecule has 1 aromatic rings. The Morgan fingerprint density at radius 1 is 1.26 bits per heavy atom. The summed E-state index contributed by atoms with van der Waals surface area (Å²) < 4.78 is 7.28. The number of hydrogen-bond donors (Lipinski definition) is 1. The van der Waals surface area contributed by atoms with Crippen LogP contribution in [0.5, 0.6) is 0 Å². The van der Waals surface area contributed by atoms with Crippen LogP contribution in [0.4, 0.5) is 0 Å². The number of aryl methyl sites for hydroxylation is 2. The summed E-state index contributed by atoms with van der Waals surface area (Å²) in [6.07, 6.45) is 5.15. The Balaban J connectivity index is 2.82. The van der Waals surface area contributed by atoms with E-state index in [1.807, 2.05) is 0 Å². The Kier molecular flexibility index (Phi) is 7.10. The fraction of sp³-hybridized carbons (Fsp3) is 0.800. The molecule has 1 aromatic heterocycles. The van der Waals surface area contributed by atoms with Crippen molar-refractivity contribution in [1.82, 2.24) is 9.78 Å². The van der Waals surface area contributed by atoms with Gasteiger partial charge >= 0.3 is 0 Å². The zero-order valence-electron chi connectivity index (χ0n) is 12.9. The predicted molar refractivity (Wildman–Crippen MR) is 79.4 cm³/mol. The van der Waals surface area contributed by atoms with Crippen LogP contribution in [0.15, 0.2) is 0 Å². The van der Waals surface area contributed by atoms with E-state index in [0.717, 1.165) is 45.3 Å². The number of methoxy groups -OCH3 is 1. The van der Waals surface area contributed by atoms with Crippen LogP contribution in [-0.4, -0.2) is 29.5 Å². The number of unbranched alkanes of at least 4 members (excludes halogenated alkanes) is 1. The summed E-state index contributed by atoms with van der Waals surface area (Å²) in [6.45, 7) is 8.25. The van der Waals surface area contributed by atoms with Crippen molar-refractivity contribution in [2.75, 3.05) is 13.7 Å². The first-order valence-corrected chi connectivity index (χ1v) is 7.45. The first kappa shape index (κ1) is 16.2. The van der Waals surface area contributed by atoms with Crippen LogP contribution in [0, 0.1) is 0 Å². The van der Waals surface area contributed by atoms with Crippen LogP contribution in [-0.2, 0) is 30.5 Å². The maximum absolute atomic E-state index is 5.97. The number of hydrogen-bond acceptors (Lipinski definition) is 3. The molecule has 0 aliphatic heterocycles. The van der Waals surface area contributed by atoms with E-state index in [2.05, 4.69) is 25.5 Å². The SMILES string of the molecule is CCc1nn(CCCCOC)c(CC)c1CC(C)N. The second kappa shape index (κ2) is 8.33. The van der Waals surface area contributed by atoms with E-state index in [1.165, 1.54) is 17.0 Å². The molecule has 2 N–H and O–H groups in total. The Morgan fingerprint density at radius 2 is 2.00 bits per heavy atom. The van der Waals surface area contributed by atoms with E-state index in [0.29, 0.717) is 0 Å². The largest absolute Gasteiger partial charge is 0.385 e. The van der Waals surface area contributed by atoms with E-state index in [4.69, 9.17) is 15.6 Å². The number of nitrogens with two attached hydrogens (primary N) is 1. The first-order chi connectivity index (χ1) is 9.13. The fourth-order valence-corrected chi connectivity index (χ4v) is 2.52. The minimum Gasteiger partial charge on any atom is -0.385 e. The van der Waals surface area contributed by atoms with Crippen LogP contribution >= 0.6 is 0 Å². The third-order valence-corrected chi connectivity index (χ3v) is 3.41. The van der Waals surface area contributed by atoms with E-state index in [1.54, 1.807) is 7.11 Å². The maximum Gasteiger partial charge on any atom is 0.0657 e. The van der Waals surface area contributed by atoms with Crippen LogP contribution in [0.1, 0.15) is 50.6 Å². The molecule has 1 unspecified atom stereocenters. The van der Waals surface area contributed by atoms with Crippen LogP contribution in [0.2, 0.25) is 0 Å². The molecule has 4 heteroatoms. The van der Waals surface area contributed by atoms with Gasteiger partial charge in [0.2, 0.25) is 0 Å². The number of rotatable bonds is 9. The van der Waals surface area contributed by atoms with Crippen molar-refractivity contribution >= 4 is 0 Å². The van der Waals surface area contributed by atoms with E-state index < -0.39 is 0 Å². The van der Waals surface area contributed by atoms with Crippen LogP contribution in [0.25, 0.3) is 0 Å². The molecule has 0 amide bonds. The van der Waals surface area contributed by atoms with Crippen molar-refractivity contribution in [1.29, 1.82) is 0 Å². The second-order valence-corrected chi connectivity index (χ2v) is 5.18. The first-order valence-electron chi connectivity index (χ1n) is 7.45. The Bertz CT molecular complexity index is 372. The van der Waals surface area contributed by atoms with Gasteiger partial charge in [-0.1, -0.05) is 13.8 Å². The zero-order valence-corrected chi connectivity index (χ0v) is 12.9. The summed E-state index contributed by atoms with van der Waals surface area (Å²) in [5.41, 5.74) is 9.94. The summed E-state index contributed by atoms with van der Waals surface area (Å²) >= 11 is 0. The van der Waals surface area contributed by atoms with Gasteiger partial charge in [0, 0.05) is 32.0 Å². The zero-order chi connectivity index (χ0) is 14.3. The molecule has 1 atom stereocenters. The van der Waals surface area contributed by atoms with Crippen molar-refractivity contribution in [2.45, 2.75) is 65.5 Å². The highest BCUT2D eigenvalue weighted by atomic mass is 16.5. The molecular formula is C15H29N3O. The molecule has 0 fully saturated rings. The van der Waals surface area contributed by atoms with Crippen molar-refractivity contribution in [3.63, 3.8) is 0 Å². The van der Waals surface area contributed by atoms with Crippen LogP contribution in [0.3, 0.4) is 0 Å². The van der Waals surface area contributed by atoms with Gasteiger partial charge in [-0.05, 0) is 44.6 Å². The lowest BCUT2D eigenvalue weighted by Gasteiger charge is -2.09. The standard InChI is InChI=1S/C15H29N3O/c1-5-14-13(11-12(3)16)15(6-2)18(17-14)9-7-8-10-19-4/h12H,5-11,16H2,1-4H3. The molecule has 0 aliphatic rings. The summed E-state index contributed by atoms with van der Waals surface area (Å²) in [5.74, 6) is 0. The third-order valence-electron chi connectivity index (χ3n) is 3.41. The number of ether oxygens (including phenoxy) is 1. The highest BCUT2D eigenvalue weighted by Crippen LogP contribution is 2.18. The lowest BCUT2D eigenvalue weighted by molar-refractivity contribution is 0.191. The molecule has 0 radical (unpaired) electrons. The Labute approximate surface area is 117 Å². The maximum atomic E-state index is 5.97. The van der Waals surface area contributed by atoms with Crippen molar-refractivity contribution in [3.05, 3.63) is 17.0 Å². The van der Waals surface area contributed by atoms with Crippen molar-refractivity contribution in [2.24, 2.45) is 5.73 Å².